The molecule has 5 heteroatoms. The van der Waals surface area contributed by atoms with E-state index in [0.717, 1.165) is 25.1 Å². The first kappa shape index (κ1) is 22.6. The Balaban J connectivity index is 1.74. The summed E-state index contributed by atoms with van der Waals surface area (Å²) in [4.78, 5) is 26.6. The van der Waals surface area contributed by atoms with Gasteiger partial charge in [0, 0.05) is 25.6 Å². The lowest BCUT2D eigenvalue weighted by Crippen LogP contribution is -2.45. The molecular formula is C24H33N3O2. The van der Waals surface area contributed by atoms with Crippen molar-refractivity contribution in [1.82, 2.24) is 15.5 Å². The molecule has 5 nitrogen and oxygen atoms in total. The number of rotatable bonds is 12. The van der Waals surface area contributed by atoms with Gasteiger partial charge in [-0.1, -0.05) is 74.5 Å². The highest BCUT2D eigenvalue weighted by Crippen LogP contribution is 2.09. The van der Waals surface area contributed by atoms with E-state index in [1.165, 1.54) is 5.56 Å². The Kier molecular flexibility index (Phi) is 9.93. The lowest BCUT2D eigenvalue weighted by Gasteiger charge is -2.30. The second-order valence-electron chi connectivity index (χ2n) is 7.13. The molecule has 0 aromatic heterocycles. The van der Waals surface area contributed by atoms with Crippen molar-refractivity contribution in [3.05, 3.63) is 71.8 Å². The van der Waals surface area contributed by atoms with Crippen LogP contribution in [0.25, 0.3) is 0 Å². The zero-order chi connectivity index (χ0) is 20.9. The molecule has 0 aliphatic heterocycles. The number of carbonyl (C=O) groups excluding carboxylic acids is 2. The highest BCUT2D eigenvalue weighted by Gasteiger charge is 2.17. The van der Waals surface area contributed by atoms with Gasteiger partial charge < -0.3 is 10.6 Å². The molecule has 1 unspecified atom stereocenters. The van der Waals surface area contributed by atoms with E-state index >= 15 is 0 Å². The second-order valence-corrected chi connectivity index (χ2v) is 7.13. The number of hydrogen-bond acceptors (Lipinski definition) is 3. The van der Waals surface area contributed by atoms with Crippen LogP contribution in [0.3, 0.4) is 0 Å². The van der Waals surface area contributed by atoms with Gasteiger partial charge in [-0.05, 0) is 30.6 Å². The van der Waals surface area contributed by atoms with Crippen molar-refractivity contribution in [3.8, 4) is 0 Å². The van der Waals surface area contributed by atoms with Gasteiger partial charge in [-0.15, -0.1) is 0 Å². The highest BCUT2D eigenvalue weighted by molar-refractivity contribution is 5.80. The van der Waals surface area contributed by atoms with Crippen LogP contribution in [0.15, 0.2) is 60.7 Å². The van der Waals surface area contributed by atoms with E-state index in [2.05, 4.69) is 41.5 Å². The predicted octanol–water partition coefficient (Wildman–Crippen LogP) is 2.80. The van der Waals surface area contributed by atoms with Crippen LogP contribution in [0.1, 0.15) is 31.4 Å². The third-order valence-electron chi connectivity index (χ3n) is 5.06. The largest absolute Gasteiger partial charge is 0.355 e. The minimum absolute atomic E-state index is 0.0322. The molecular weight excluding hydrogens is 362 g/mol. The molecule has 2 rings (SSSR count). The average molecular weight is 396 g/mol. The van der Waals surface area contributed by atoms with Gasteiger partial charge in [0.1, 0.15) is 0 Å². The molecule has 0 fully saturated rings. The summed E-state index contributed by atoms with van der Waals surface area (Å²) >= 11 is 0. The minimum atomic E-state index is -0.0610. The van der Waals surface area contributed by atoms with Gasteiger partial charge in [0.15, 0.2) is 0 Å². The average Bonchev–Trinajstić information content (AvgIpc) is 2.74. The van der Waals surface area contributed by atoms with Crippen LogP contribution in [0.5, 0.6) is 0 Å². The Morgan fingerprint density at radius 2 is 1.41 bits per heavy atom. The van der Waals surface area contributed by atoms with Crippen LogP contribution >= 0.6 is 0 Å². The minimum Gasteiger partial charge on any atom is -0.355 e. The molecule has 0 saturated carbocycles. The first-order chi connectivity index (χ1) is 14.1. The molecule has 0 heterocycles. The first-order valence-electron chi connectivity index (χ1n) is 10.5. The van der Waals surface area contributed by atoms with E-state index in [4.69, 9.17) is 0 Å². The van der Waals surface area contributed by atoms with E-state index < -0.39 is 0 Å². The van der Waals surface area contributed by atoms with Crippen molar-refractivity contribution in [2.75, 3.05) is 26.2 Å². The summed E-state index contributed by atoms with van der Waals surface area (Å²) in [5.41, 5.74) is 2.24. The van der Waals surface area contributed by atoms with Crippen molar-refractivity contribution < 1.29 is 9.59 Å². The number of nitrogens with one attached hydrogen (secondary N) is 2. The van der Waals surface area contributed by atoms with Crippen LogP contribution in [0, 0.1) is 0 Å². The molecule has 2 aromatic carbocycles. The van der Waals surface area contributed by atoms with Gasteiger partial charge in [-0.25, -0.2) is 0 Å². The summed E-state index contributed by atoms with van der Waals surface area (Å²) < 4.78 is 0. The lowest BCUT2D eigenvalue weighted by molar-refractivity contribution is -0.122. The van der Waals surface area contributed by atoms with E-state index in [0.29, 0.717) is 19.5 Å². The fourth-order valence-corrected chi connectivity index (χ4v) is 3.44. The number of benzene rings is 2. The van der Waals surface area contributed by atoms with Crippen molar-refractivity contribution in [3.63, 3.8) is 0 Å². The van der Waals surface area contributed by atoms with Crippen LogP contribution in [-0.2, 0) is 22.4 Å². The van der Waals surface area contributed by atoms with Crippen molar-refractivity contribution in [2.24, 2.45) is 0 Å². The molecule has 2 N–H and O–H groups in total. The Bertz CT molecular complexity index is 730. The number of hydrogen-bond donors (Lipinski definition) is 2. The van der Waals surface area contributed by atoms with Crippen molar-refractivity contribution >= 4 is 11.8 Å². The number of amides is 2. The molecule has 2 aromatic rings. The maximum absolute atomic E-state index is 12.3. The Morgan fingerprint density at radius 1 is 0.828 bits per heavy atom. The third kappa shape index (κ3) is 8.48. The number of carbonyl (C=O) groups is 2. The molecule has 0 aliphatic carbocycles. The zero-order valence-corrected chi connectivity index (χ0v) is 17.6. The molecule has 0 saturated heterocycles. The molecule has 29 heavy (non-hydrogen) atoms. The summed E-state index contributed by atoms with van der Waals surface area (Å²) in [7, 11) is 0. The monoisotopic (exact) mass is 395 g/mol. The van der Waals surface area contributed by atoms with E-state index in [1.54, 1.807) is 0 Å². The first-order valence-corrected chi connectivity index (χ1v) is 10.5. The molecule has 1 atom stereocenters. The maximum atomic E-state index is 12.3. The van der Waals surface area contributed by atoms with Crippen LogP contribution < -0.4 is 10.6 Å². The number of nitrogens with zero attached hydrogens (tertiary/aromatic N) is 1. The summed E-state index contributed by atoms with van der Waals surface area (Å²) in [6.07, 6.45) is 1.52. The molecule has 0 bridgehead atoms. The van der Waals surface area contributed by atoms with Gasteiger partial charge >= 0.3 is 0 Å². The quantitative estimate of drug-likeness (QED) is 0.581. The standard InChI is InChI=1S/C24H33N3O2/c1-3-27(4-2)22(17-20-11-7-5-8-12-20)19-26-23(28)15-16-25-24(29)18-21-13-9-6-10-14-21/h5-14,22H,3-4,15-19H2,1-2H3,(H,25,29)(H,26,28). The Hall–Kier alpha value is -2.66. The van der Waals surface area contributed by atoms with Gasteiger partial charge in [0.2, 0.25) is 11.8 Å². The fraction of sp³-hybridized carbons (Fsp3) is 0.417. The molecule has 0 spiro atoms. The van der Waals surface area contributed by atoms with Crippen molar-refractivity contribution in [1.29, 1.82) is 0 Å². The van der Waals surface area contributed by atoms with Crippen LogP contribution in [-0.4, -0.2) is 48.9 Å². The zero-order valence-electron chi connectivity index (χ0n) is 17.6. The van der Waals surface area contributed by atoms with Gasteiger partial charge in [-0.2, -0.15) is 0 Å². The molecule has 0 radical (unpaired) electrons. The van der Waals surface area contributed by atoms with E-state index in [9.17, 15) is 9.59 Å². The summed E-state index contributed by atoms with van der Waals surface area (Å²) in [5, 5.41) is 5.87. The van der Waals surface area contributed by atoms with Crippen molar-refractivity contribution in [2.45, 2.75) is 39.2 Å². The Labute approximate surface area is 174 Å². The van der Waals surface area contributed by atoms with Crippen LogP contribution in [0.4, 0.5) is 0 Å². The third-order valence-corrected chi connectivity index (χ3v) is 5.06. The smallest absolute Gasteiger partial charge is 0.224 e. The van der Waals surface area contributed by atoms with Crippen LogP contribution in [0.2, 0.25) is 0 Å². The van der Waals surface area contributed by atoms with Gasteiger partial charge in [0.25, 0.3) is 0 Å². The topological polar surface area (TPSA) is 61.4 Å². The van der Waals surface area contributed by atoms with E-state index in [1.807, 2.05) is 48.5 Å². The lowest BCUT2D eigenvalue weighted by atomic mass is 10.0. The molecule has 2 amide bonds. The second kappa shape index (κ2) is 12.7. The SMILES string of the molecule is CCN(CC)C(CNC(=O)CCNC(=O)Cc1ccccc1)Cc1ccccc1. The highest BCUT2D eigenvalue weighted by atomic mass is 16.2. The molecule has 0 aliphatic rings. The van der Waals surface area contributed by atoms with Gasteiger partial charge in [0.05, 0.1) is 6.42 Å². The Morgan fingerprint density at radius 3 is 2.00 bits per heavy atom. The predicted molar refractivity (Wildman–Crippen MR) is 118 cm³/mol. The molecule has 156 valence electrons. The maximum Gasteiger partial charge on any atom is 0.224 e. The van der Waals surface area contributed by atoms with E-state index in [-0.39, 0.29) is 24.3 Å². The summed E-state index contributed by atoms with van der Waals surface area (Å²) in [5.74, 6) is -0.0932. The van der Waals surface area contributed by atoms with Gasteiger partial charge in [-0.3, -0.25) is 14.5 Å². The fourth-order valence-electron chi connectivity index (χ4n) is 3.44. The summed E-state index contributed by atoms with van der Waals surface area (Å²) in [6.45, 7) is 7.13. The number of likely N-dealkylation sites (N-methyl/N-ethyl adjacent to an activating group) is 1. The normalized spacial score (nSPS) is 11.8. The summed E-state index contributed by atoms with van der Waals surface area (Å²) in [6, 6.07) is 20.2.